The number of unbranched alkanes of at least 4 members (excludes halogenated alkanes) is 3. The van der Waals surface area contributed by atoms with Crippen molar-refractivity contribution < 1.29 is 0 Å². The normalized spacial score (nSPS) is 15.3. The summed E-state index contributed by atoms with van der Waals surface area (Å²) in [5.74, 6) is 0. The molecule has 0 bridgehead atoms. The molecule has 0 spiro atoms. The summed E-state index contributed by atoms with van der Waals surface area (Å²) in [4.78, 5) is 0. The molecule has 0 amide bonds. The van der Waals surface area contributed by atoms with Crippen LogP contribution in [0.25, 0.3) is 0 Å². The van der Waals surface area contributed by atoms with Gasteiger partial charge in [0, 0.05) is 0 Å². The van der Waals surface area contributed by atoms with Crippen LogP contribution in [-0.4, -0.2) is 36.5 Å². The summed E-state index contributed by atoms with van der Waals surface area (Å²) in [6.07, 6.45) is 10.7. The molecule has 1 aliphatic heterocycles. The number of nitrogens with zero attached hydrogens (tertiary/aromatic N) is 3. The molecule has 1 saturated heterocycles. The van der Waals surface area contributed by atoms with E-state index in [4.69, 9.17) is 0 Å². The fourth-order valence-electron chi connectivity index (χ4n) is 4.14. The van der Waals surface area contributed by atoms with Gasteiger partial charge in [0.25, 0.3) is 0 Å². The molecule has 3 nitrogen and oxygen atoms in total. The zero-order valence-electron chi connectivity index (χ0n) is 17.3. The van der Waals surface area contributed by atoms with Gasteiger partial charge in [-0.1, -0.05) is 0 Å². The molecule has 0 aliphatic carbocycles. The van der Waals surface area contributed by atoms with E-state index in [0.29, 0.717) is 0 Å². The van der Waals surface area contributed by atoms with E-state index < -0.39 is 18.4 Å². The van der Waals surface area contributed by atoms with Crippen molar-refractivity contribution in [3.63, 3.8) is 0 Å². The van der Waals surface area contributed by atoms with E-state index in [-0.39, 0.29) is 0 Å². The van der Waals surface area contributed by atoms with Crippen LogP contribution in [0.3, 0.4) is 0 Å². The van der Waals surface area contributed by atoms with Crippen LogP contribution < -0.4 is 3.58 Å². The molecule has 26 heavy (non-hydrogen) atoms. The molecule has 0 atom stereocenters. The van der Waals surface area contributed by atoms with Gasteiger partial charge in [0.1, 0.15) is 0 Å². The molecule has 0 aromatic heterocycles. The van der Waals surface area contributed by atoms with Gasteiger partial charge in [-0.2, -0.15) is 0 Å². The van der Waals surface area contributed by atoms with Crippen LogP contribution in [0.4, 0.5) is 5.69 Å². The Balaban J connectivity index is 2.15. The van der Waals surface area contributed by atoms with Gasteiger partial charge in [0.15, 0.2) is 0 Å². The van der Waals surface area contributed by atoms with Crippen molar-refractivity contribution in [1.29, 1.82) is 0 Å². The van der Waals surface area contributed by atoms with E-state index in [9.17, 15) is 0 Å². The molecule has 1 aromatic rings. The maximum absolute atomic E-state index is 4.47. The molecular weight excluding hydrogens is 425 g/mol. The first-order chi connectivity index (χ1) is 12.7. The van der Waals surface area contributed by atoms with Gasteiger partial charge in [0.2, 0.25) is 0 Å². The molecular formula is C22H39N3Sn. The molecule has 1 aliphatic rings. The first-order valence-electron chi connectivity index (χ1n) is 11.0. The van der Waals surface area contributed by atoms with E-state index in [2.05, 4.69) is 60.4 Å². The molecule has 1 heterocycles. The minimum atomic E-state index is -2.28. The van der Waals surface area contributed by atoms with Crippen LogP contribution in [0, 0.1) is 0 Å². The van der Waals surface area contributed by atoms with Gasteiger partial charge in [-0.15, -0.1) is 0 Å². The summed E-state index contributed by atoms with van der Waals surface area (Å²) in [6, 6.07) is 9.31. The Morgan fingerprint density at radius 3 is 1.77 bits per heavy atom. The third-order valence-electron chi connectivity index (χ3n) is 5.88. The van der Waals surface area contributed by atoms with E-state index >= 15 is 0 Å². The van der Waals surface area contributed by atoms with Gasteiger partial charge < -0.3 is 0 Å². The second-order valence-corrected chi connectivity index (χ2v) is 21.2. The Bertz CT molecular complexity index is 499. The number of benzene rings is 1. The van der Waals surface area contributed by atoms with Gasteiger partial charge in [-0.3, -0.25) is 0 Å². The molecule has 0 saturated carbocycles. The van der Waals surface area contributed by atoms with Crippen molar-refractivity contribution in [3.05, 3.63) is 24.3 Å². The molecule has 4 heteroatoms. The maximum atomic E-state index is 4.47. The standard InChI is InChI=1S/C10H12N3.3C4H9.Sn/c1-2-6-10(7-3-1)11-12-13-8-4-5-9-13;3*1-3-4-2;/h2-3,6-7H,4-5,8-9H2;3*1,3-4H2,2H3;. The second kappa shape index (κ2) is 12.0. The molecule has 0 radical (unpaired) electrons. The van der Waals surface area contributed by atoms with Crippen molar-refractivity contribution >= 4 is 27.6 Å². The Kier molecular flexibility index (Phi) is 10.0. The van der Waals surface area contributed by atoms with Crippen molar-refractivity contribution in [2.45, 2.75) is 85.4 Å². The molecule has 2 rings (SSSR count). The van der Waals surface area contributed by atoms with Crippen LogP contribution in [0.2, 0.25) is 13.3 Å². The quantitative estimate of drug-likeness (QED) is 0.246. The van der Waals surface area contributed by atoms with Gasteiger partial charge in [-0.05, 0) is 0 Å². The molecule has 1 aromatic carbocycles. The van der Waals surface area contributed by atoms with Crippen LogP contribution >= 0.6 is 0 Å². The zero-order valence-corrected chi connectivity index (χ0v) is 20.2. The average molecular weight is 464 g/mol. The Hall–Kier alpha value is -0.581. The Morgan fingerprint density at radius 2 is 1.31 bits per heavy atom. The van der Waals surface area contributed by atoms with Gasteiger partial charge >= 0.3 is 166 Å². The fraction of sp³-hybridized carbons (Fsp3) is 0.727. The van der Waals surface area contributed by atoms with Crippen molar-refractivity contribution in [3.8, 4) is 0 Å². The zero-order chi connectivity index (χ0) is 18.7. The molecule has 1 fully saturated rings. The van der Waals surface area contributed by atoms with E-state index in [1.165, 1.54) is 64.7 Å². The van der Waals surface area contributed by atoms with Gasteiger partial charge in [0.05, 0.1) is 0 Å². The predicted molar refractivity (Wildman–Crippen MR) is 116 cm³/mol. The van der Waals surface area contributed by atoms with Crippen molar-refractivity contribution in [1.82, 2.24) is 5.01 Å². The summed E-state index contributed by atoms with van der Waals surface area (Å²) in [5.41, 5.74) is 1.02. The third kappa shape index (κ3) is 6.54. The average Bonchev–Trinajstić information content (AvgIpc) is 3.20. The molecule has 0 N–H and O–H groups in total. The molecule has 146 valence electrons. The van der Waals surface area contributed by atoms with Crippen LogP contribution in [0.5, 0.6) is 0 Å². The monoisotopic (exact) mass is 465 g/mol. The summed E-state index contributed by atoms with van der Waals surface area (Å²) in [5, 5.41) is 11.0. The van der Waals surface area contributed by atoms with Gasteiger partial charge in [-0.25, -0.2) is 0 Å². The predicted octanol–water partition coefficient (Wildman–Crippen LogP) is 6.84. The summed E-state index contributed by atoms with van der Waals surface area (Å²) >= 11 is -2.28. The number of hydrogen-bond acceptors (Lipinski definition) is 2. The first-order valence-corrected chi connectivity index (χ1v) is 18.5. The van der Waals surface area contributed by atoms with E-state index in [0.717, 1.165) is 18.8 Å². The minimum absolute atomic E-state index is 1.02. The topological polar surface area (TPSA) is 28.0 Å². The number of rotatable bonds is 12. The van der Waals surface area contributed by atoms with Crippen molar-refractivity contribution in [2.75, 3.05) is 13.1 Å². The fourth-order valence-corrected chi connectivity index (χ4v) is 20.1. The summed E-state index contributed by atoms with van der Waals surface area (Å²) in [6.45, 7) is 9.16. The summed E-state index contributed by atoms with van der Waals surface area (Å²) < 4.78 is 6.31. The number of hydrogen-bond donors (Lipinski definition) is 0. The van der Waals surface area contributed by atoms with E-state index in [1.807, 2.05) is 0 Å². The van der Waals surface area contributed by atoms with Crippen LogP contribution in [0.1, 0.15) is 72.1 Å². The SMILES string of the molecule is CCC[CH2][Sn]([CH2]CCC)([CH2]CCC)[c]1ccc(N=NN2CCCC2)cc1. The second-order valence-electron chi connectivity index (χ2n) is 7.99. The first kappa shape index (κ1) is 21.7. The Morgan fingerprint density at radius 1 is 0.808 bits per heavy atom. The van der Waals surface area contributed by atoms with Crippen LogP contribution in [-0.2, 0) is 0 Å². The summed E-state index contributed by atoms with van der Waals surface area (Å²) in [7, 11) is 0. The van der Waals surface area contributed by atoms with Crippen LogP contribution in [0.15, 0.2) is 34.6 Å². The Labute approximate surface area is 165 Å². The van der Waals surface area contributed by atoms with Crippen molar-refractivity contribution in [2.24, 2.45) is 10.3 Å². The van der Waals surface area contributed by atoms with E-state index in [1.54, 1.807) is 3.58 Å². The molecule has 0 unspecified atom stereocenters. The third-order valence-corrected chi connectivity index (χ3v) is 21.5.